The third kappa shape index (κ3) is 3.50. The van der Waals surface area contributed by atoms with Crippen molar-refractivity contribution in [2.24, 2.45) is 0 Å². The van der Waals surface area contributed by atoms with Crippen LogP contribution in [0.2, 0.25) is 0 Å². The Balaban J connectivity index is 1.64. The van der Waals surface area contributed by atoms with Gasteiger partial charge in [-0.1, -0.05) is 23.4 Å². The first-order valence-corrected chi connectivity index (χ1v) is 8.54. The summed E-state index contributed by atoms with van der Waals surface area (Å²) in [4.78, 5) is 0. The van der Waals surface area contributed by atoms with Gasteiger partial charge in [-0.2, -0.15) is 0 Å². The van der Waals surface area contributed by atoms with Crippen molar-refractivity contribution in [2.75, 3.05) is 0 Å². The second-order valence-corrected chi connectivity index (χ2v) is 6.07. The monoisotopic (exact) mass is 379 g/mol. The Labute approximate surface area is 159 Å². The summed E-state index contributed by atoms with van der Waals surface area (Å²) in [5.74, 6) is -0.399. The molecule has 1 N–H and O–H groups in total. The summed E-state index contributed by atoms with van der Waals surface area (Å²) < 4.78 is 37.8. The van der Waals surface area contributed by atoms with Crippen LogP contribution in [0.25, 0.3) is 22.6 Å². The molecule has 1 aromatic heterocycles. The molecule has 4 rings (SSSR count). The van der Waals surface area contributed by atoms with Crippen LogP contribution in [0.3, 0.4) is 0 Å². The van der Waals surface area contributed by atoms with E-state index in [0.29, 0.717) is 33.9 Å². The predicted molar refractivity (Wildman–Crippen MR) is 99.7 cm³/mol. The van der Waals surface area contributed by atoms with Crippen LogP contribution in [0, 0.1) is 11.6 Å². The Morgan fingerprint density at radius 3 is 2.18 bits per heavy atom. The van der Waals surface area contributed by atoms with Crippen LogP contribution in [0.5, 0.6) is 11.5 Å². The maximum absolute atomic E-state index is 13.5. The van der Waals surface area contributed by atoms with E-state index in [2.05, 4.69) is 5.16 Å². The standard InChI is InChI=1S/C22H15F2NO3/c23-19-11-8-15(12-20(19)24)22-18(13-26)21(25-28-22)14-6-9-17(10-7-14)27-16-4-2-1-3-5-16/h1-12,26H,13H2. The number of para-hydroxylation sites is 1. The second kappa shape index (κ2) is 7.62. The molecule has 0 amide bonds. The average molecular weight is 379 g/mol. The maximum atomic E-state index is 13.5. The molecule has 0 unspecified atom stereocenters. The van der Waals surface area contributed by atoms with Gasteiger partial charge < -0.3 is 14.4 Å². The lowest BCUT2D eigenvalue weighted by Gasteiger charge is -2.06. The highest BCUT2D eigenvalue weighted by molar-refractivity contribution is 5.72. The van der Waals surface area contributed by atoms with Crippen molar-refractivity contribution in [3.8, 4) is 34.1 Å². The van der Waals surface area contributed by atoms with E-state index in [0.717, 1.165) is 12.1 Å². The zero-order valence-corrected chi connectivity index (χ0v) is 14.6. The Morgan fingerprint density at radius 2 is 1.50 bits per heavy atom. The van der Waals surface area contributed by atoms with E-state index in [4.69, 9.17) is 9.26 Å². The highest BCUT2D eigenvalue weighted by atomic mass is 19.2. The number of ether oxygens (including phenoxy) is 1. The Kier molecular flexibility index (Phi) is 4.87. The van der Waals surface area contributed by atoms with Crippen LogP contribution in [0.4, 0.5) is 8.78 Å². The lowest BCUT2D eigenvalue weighted by atomic mass is 10.0. The third-order valence-corrected chi connectivity index (χ3v) is 4.23. The minimum atomic E-state index is -0.998. The third-order valence-electron chi connectivity index (χ3n) is 4.23. The number of aromatic nitrogens is 1. The molecule has 0 fully saturated rings. The van der Waals surface area contributed by atoms with Crippen molar-refractivity contribution in [1.29, 1.82) is 0 Å². The highest BCUT2D eigenvalue weighted by Gasteiger charge is 2.19. The normalized spacial score (nSPS) is 10.8. The summed E-state index contributed by atoms with van der Waals surface area (Å²) in [7, 11) is 0. The predicted octanol–water partition coefficient (Wildman–Crippen LogP) is 5.57. The zero-order chi connectivity index (χ0) is 19.5. The number of aliphatic hydroxyl groups is 1. The largest absolute Gasteiger partial charge is 0.457 e. The summed E-state index contributed by atoms with van der Waals surface area (Å²) in [6.45, 7) is -0.366. The minimum Gasteiger partial charge on any atom is -0.457 e. The lowest BCUT2D eigenvalue weighted by Crippen LogP contribution is -1.91. The fraction of sp³-hybridized carbons (Fsp3) is 0.0455. The van der Waals surface area contributed by atoms with Gasteiger partial charge in [0.25, 0.3) is 0 Å². The number of rotatable bonds is 5. The molecular formula is C22H15F2NO3. The van der Waals surface area contributed by atoms with Gasteiger partial charge in [-0.25, -0.2) is 8.78 Å². The highest BCUT2D eigenvalue weighted by Crippen LogP contribution is 2.34. The summed E-state index contributed by atoms with van der Waals surface area (Å²) in [5.41, 5.74) is 1.81. The van der Waals surface area contributed by atoms with E-state index in [1.165, 1.54) is 6.07 Å². The van der Waals surface area contributed by atoms with E-state index in [1.807, 2.05) is 30.3 Å². The van der Waals surface area contributed by atoms with Gasteiger partial charge in [-0.05, 0) is 54.6 Å². The van der Waals surface area contributed by atoms with Crippen LogP contribution >= 0.6 is 0 Å². The van der Waals surface area contributed by atoms with Crippen molar-refractivity contribution >= 4 is 0 Å². The van der Waals surface area contributed by atoms with Gasteiger partial charge in [0, 0.05) is 11.1 Å². The first kappa shape index (κ1) is 17.9. The number of halogens is 2. The molecule has 0 aliphatic heterocycles. The first-order chi connectivity index (χ1) is 13.7. The molecule has 1 heterocycles. The molecule has 0 saturated heterocycles. The maximum Gasteiger partial charge on any atom is 0.173 e. The van der Waals surface area contributed by atoms with Crippen molar-refractivity contribution in [2.45, 2.75) is 6.61 Å². The molecule has 140 valence electrons. The molecule has 0 saturated carbocycles. The lowest BCUT2D eigenvalue weighted by molar-refractivity contribution is 0.281. The Hall–Kier alpha value is -3.51. The van der Waals surface area contributed by atoms with E-state index in [-0.39, 0.29) is 12.4 Å². The fourth-order valence-electron chi connectivity index (χ4n) is 2.85. The smallest absolute Gasteiger partial charge is 0.173 e. The molecule has 0 aliphatic carbocycles. The summed E-state index contributed by atoms with van der Waals surface area (Å²) in [6, 6.07) is 19.9. The van der Waals surface area contributed by atoms with Gasteiger partial charge in [0.1, 0.15) is 17.2 Å². The van der Waals surface area contributed by atoms with Crippen molar-refractivity contribution in [3.05, 3.63) is 90.0 Å². The van der Waals surface area contributed by atoms with Gasteiger partial charge in [0.05, 0.1) is 12.2 Å². The average Bonchev–Trinajstić information content (AvgIpc) is 3.15. The number of hydrogen-bond donors (Lipinski definition) is 1. The SMILES string of the molecule is OCc1c(-c2ccc(Oc3ccccc3)cc2)noc1-c1ccc(F)c(F)c1. The van der Waals surface area contributed by atoms with E-state index in [9.17, 15) is 13.9 Å². The summed E-state index contributed by atoms with van der Waals surface area (Å²) in [6.07, 6.45) is 0. The fourth-order valence-corrected chi connectivity index (χ4v) is 2.85. The van der Waals surface area contributed by atoms with Gasteiger partial charge in [0.15, 0.2) is 17.4 Å². The van der Waals surface area contributed by atoms with Crippen LogP contribution in [-0.2, 0) is 6.61 Å². The van der Waals surface area contributed by atoms with E-state index in [1.54, 1.807) is 24.3 Å². The van der Waals surface area contributed by atoms with Crippen molar-refractivity contribution < 1.29 is 23.1 Å². The molecule has 4 nitrogen and oxygen atoms in total. The molecule has 4 aromatic rings. The quantitative estimate of drug-likeness (QED) is 0.492. The molecule has 0 spiro atoms. The first-order valence-electron chi connectivity index (χ1n) is 8.54. The minimum absolute atomic E-state index is 0.195. The molecule has 6 heteroatoms. The topological polar surface area (TPSA) is 55.5 Å². The number of aliphatic hydroxyl groups excluding tert-OH is 1. The van der Waals surface area contributed by atoms with Crippen LogP contribution < -0.4 is 4.74 Å². The summed E-state index contributed by atoms with van der Waals surface area (Å²) >= 11 is 0. The Morgan fingerprint density at radius 1 is 0.821 bits per heavy atom. The van der Waals surface area contributed by atoms with E-state index < -0.39 is 11.6 Å². The molecule has 0 radical (unpaired) electrons. The number of hydrogen-bond acceptors (Lipinski definition) is 4. The van der Waals surface area contributed by atoms with Gasteiger partial charge in [-0.15, -0.1) is 0 Å². The molecule has 0 atom stereocenters. The van der Waals surface area contributed by atoms with E-state index >= 15 is 0 Å². The number of benzene rings is 3. The van der Waals surface area contributed by atoms with Gasteiger partial charge >= 0.3 is 0 Å². The molecule has 0 bridgehead atoms. The van der Waals surface area contributed by atoms with Crippen LogP contribution in [0.15, 0.2) is 77.3 Å². The molecule has 0 aliphatic rings. The van der Waals surface area contributed by atoms with Gasteiger partial charge in [-0.3, -0.25) is 0 Å². The van der Waals surface area contributed by atoms with Gasteiger partial charge in [0.2, 0.25) is 0 Å². The molecule has 3 aromatic carbocycles. The molecule has 28 heavy (non-hydrogen) atoms. The second-order valence-electron chi connectivity index (χ2n) is 6.07. The van der Waals surface area contributed by atoms with Crippen LogP contribution in [0.1, 0.15) is 5.56 Å². The Bertz CT molecular complexity index is 1090. The number of nitrogens with zero attached hydrogens (tertiary/aromatic N) is 1. The summed E-state index contributed by atoms with van der Waals surface area (Å²) in [5, 5.41) is 13.8. The zero-order valence-electron chi connectivity index (χ0n) is 14.6. The van der Waals surface area contributed by atoms with Crippen molar-refractivity contribution in [3.63, 3.8) is 0 Å². The van der Waals surface area contributed by atoms with Crippen LogP contribution in [-0.4, -0.2) is 10.3 Å². The van der Waals surface area contributed by atoms with Crippen molar-refractivity contribution in [1.82, 2.24) is 5.16 Å². The molecular weight excluding hydrogens is 364 g/mol.